The molecule has 208 valence electrons. The maximum absolute atomic E-state index is 13.5. The third-order valence-electron chi connectivity index (χ3n) is 6.74. The van der Waals surface area contributed by atoms with E-state index in [4.69, 9.17) is 9.47 Å². The SMILES string of the molecule is COC(=O)c1cccc(N2C(=O)C(=O)/C(=C(/O)c3ccc(OCC(C)C)c(C)c3)C2c2ccc(N(C)C)cc2)c1. The van der Waals surface area contributed by atoms with Gasteiger partial charge in [0.15, 0.2) is 0 Å². The standard InChI is InChI=1S/C32H34N2O6/c1-19(2)18-40-26-15-12-22(16-20(26)3)29(35)27-28(21-10-13-24(14-11-21)33(4)5)34(31(37)30(27)36)25-9-7-8-23(17-25)32(38)39-6/h7-17,19,28,35H,18H2,1-6H3/b29-27+. The van der Waals surface area contributed by atoms with Gasteiger partial charge in [0.1, 0.15) is 11.5 Å². The number of rotatable bonds is 8. The predicted molar refractivity (Wildman–Crippen MR) is 155 cm³/mol. The second-order valence-electron chi connectivity index (χ2n) is 10.4. The fraction of sp³-hybridized carbons (Fsp3) is 0.281. The van der Waals surface area contributed by atoms with Crippen molar-refractivity contribution in [1.29, 1.82) is 0 Å². The molecule has 1 fully saturated rings. The number of ketones is 1. The number of amides is 1. The van der Waals surface area contributed by atoms with Crippen molar-refractivity contribution in [2.75, 3.05) is 37.6 Å². The minimum Gasteiger partial charge on any atom is -0.507 e. The second kappa shape index (κ2) is 11.7. The third kappa shape index (κ3) is 5.57. The van der Waals surface area contributed by atoms with E-state index in [2.05, 4.69) is 13.8 Å². The number of aliphatic hydroxyl groups excluding tert-OH is 1. The Morgan fingerprint density at radius 1 is 1.00 bits per heavy atom. The lowest BCUT2D eigenvalue weighted by molar-refractivity contribution is -0.132. The molecule has 0 aliphatic carbocycles. The van der Waals surface area contributed by atoms with Gasteiger partial charge in [0.25, 0.3) is 11.7 Å². The highest BCUT2D eigenvalue weighted by Crippen LogP contribution is 2.43. The van der Waals surface area contributed by atoms with Crippen molar-refractivity contribution in [3.8, 4) is 5.75 Å². The van der Waals surface area contributed by atoms with Crippen LogP contribution in [0.15, 0.2) is 72.3 Å². The summed E-state index contributed by atoms with van der Waals surface area (Å²) in [4.78, 5) is 42.5. The Bertz CT molecular complexity index is 1470. The monoisotopic (exact) mass is 542 g/mol. The molecule has 0 aromatic heterocycles. The minimum absolute atomic E-state index is 0.0404. The van der Waals surface area contributed by atoms with Crippen molar-refractivity contribution in [3.05, 3.63) is 94.6 Å². The number of carbonyl (C=O) groups is 3. The number of anilines is 2. The van der Waals surface area contributed by atoms with Crippen LogP contribution in [0.1, 0.15) is 46.9 Å². The van der Waals surface area contributed by atoms with Crippen LogP contribution in [-0.4, -0.2) is 50.6 Å². The molecule has 3 aromatic rings. The number of carbonyl (C=O) groups excluding carboxylic acids is 3. The molecule has 0 radical (unpaired) electrons. The average molecular weight is 543 g/mol. The zero-order valence-corrected chi connectivity index (χ0v) is 23.6. The van der Waals surface area contributed by atoms with Gasteiger partial charge in [0.2, 0.25) is 0 Å². The summed E-state index contributed by atoms with van der Waals surface area (Å²) in [5, 5.41) is 11.5. The van der Waals surface area contributed by atoms with Crippen molar-refractivity contribution < 1.29 is 29.0 Å². The molecule has 4 rings (SSSR count). The van der Waals surface area contributed by atoms with E-state index in [1.807, 2.05) is 50.2 Å². The summed E-state index contributed by atoms with van der Waals surface area (Å²) in [6.45, 7) is 6.52. The van der Waals surface area contributed by atoms with E-state index < -0.39 is 23.7 Å². The number of nitrogens with zero attached hydrogens (tertiary/aromatic N) is 2. The molecular weight excluding hydrogens is 508 g/mol. The Morgan fingerprint density at radius 3 is 2.30 bits per heavy atom. The van der Waals surface area contributed by atoms with E-state index >= 15 is 0 Å². The predicted octanol–water partition coefficient (Wildman–Crippen LogP) is 5.51. The first-order valence-electron chi connectivity index (χ1n) is 13.0. The normalized spacial score (nSPS) is 16.4. The van der Waals surface area contributed by atoms with E-state index in [1.54, 1.807) is 36.4 Å². The van der Waals surface area contributed by atoms with Gasteiger partial charge >= 0.3 is 5.97 Å². The molecular formula is C32H34N2O6. The van der Waals surface area contributed by atoms with Crippen LogP contribution in [0.4, 0.5) is 11.4 Å². The maximum atomic E-state index is 13.5. The Balaban J connectivity index is 1.87. The van der Waals surface area contributed by atoms with E-state index in [0.29, 0.717) is 35.1 Å². The number of ether oxygens (including phenoxy) is 2. The molecule has 0 spiro atoms. The molecule has 1 aliphatic rings. The zero-order valence-electron chi connectivity index (χ0n) is 23.6. The number of esters is 1. The molecule has 1 heterocycles. The van der Waals surface area contributed by atoms with Crippen molar-refractivity contribution in [1.82, 2.24) is 0 Å². The number of benzene rings is 3. The van der Waals surface area contributed by atoms with Crippen LogP contribution in [0.5, 0.6) is 5.75 Å². The lowest BCUT2D eigenvalue weighted by Crippen LogP contribution is -2.29. The highest BCUT2D eigenvalue weighted by Gasteiger charge is 2.47. The maximum Gasteiger partial charge on any atom is 0.337 e. The summed E-state index contributed by atoms with van der Waals surface area (Å²) in [6.07, 6.45) is 0. The van der Waals surface area contributed by atoms with E-state index in [0.717, 1.165) is 11.3 Å². The summed E-state index contributed by atoms with van der Waals surface area (Å²) in [7, 11) is 5.10. The number of methoxy groups -OCH3 is 1. The van der Waals surface area contributed by atoms with Crippen molar-refractivity contribution in [3.63, 3.8) is 0 Å². The lowest BCUT2D eigenvalue weighted by atomic mass is 9.94. The van der Waals surface area contributed by atoms with Gasteiger partial charge in [-0.2, -0.15) is 0 Å². The molecule has 1 aliphatic heterocycles. The van der Waals surface area contributed by atoms with Crippen LogP contribution in [0.2, 0.25) is 0 Å². The van der Waals surface area contributed by atoms with Crippen molar-refractivity contribution >= 4 is 34.8 Å². The zero-order chi connectivity index (χ0) is 29.1. The second-order valence-corrected chi connectivity index (χ2v) is 10.4. The van der Waals surface area contributed by atoms with Gasteiger partial charge < -0.3 is 19.5 Å². The number of hydrogen-bond donors (Lipinski definition) is 1. The van der Waals surface area contributed by atoms with E-state index in [1.165, 1.54) is 18.1 Å². The fourth-order valence-electron chi connectivity index (χ4n) is 4.64. The van der Waals surface area contributed by atoms with Gasteiger partial charge in [-0.3, -0.25) is 14.5 Å². The molecule has 1 unspecified atom stereocenters. The van der Waals surface area contributed by atoms with Crippen molar-refractivity contribution in [2.45, 2.75) is 26.8 Å². The van der Waals surface area contributed by atoms with Crippen LogP contribution in [0.3, 0.4) is 0 Å². The number of hydrogen-bond acceptors (Lipinski definition) is 7. The molecule has 0 saturated carbocycles. The number of aryl methyl sites for hydroxylation is 1. The molecule has 3 aromatic carbocycles. The van der Waals surface area contributed by atoms with Crippen LogP contribution in [0, 0.1) is 12.8 Å². The summed E-state index contributed by atoms with van der Waals surface area (Å²) >= 11 is 0. The van der Waals surface area contributed by atoms with Gasteiger partial charge in [-0.15, -0.1) is 0 Å². The Hall–Kier alpha value is -4.59. The summed E-state index contributed by atoms with van der Waals surface area (Å²) in [6, 6.07) is 18.0. The molecule has 1 atom stereocenters. The Morgan fingerprint density at radius 2 is 1.70 bits per heavy atom. The third-order valence-corrected chi connectivity index (χ3v) is 6.74. The highest BCUT2D eigenvalue weighted by molar-refractivity contribution is 6.51. The molecule has 1 N–H and O–H groups in total. The summed E-state index contributed by atoms with van der Waals surface area (Å²) < 4.78 is 10.7. The molecule has 8 nitrogen and oxygen atoms in total. The van der Waals surface area contributed by atoms with E-state index in [9.17, 15) is 19.5 Å². The van der Waals surface area contributed by atoms with Crippen molar-refractivity contribution in [2.24, 2.45) is 5.92 Å². The highest BCUT2D eigenvalue weighted by atomic mass is 16.5. The van der Waals surface area contributed by atoms with Gasteiger partial charge in [-0.05, 0) is 72.5 Å². The average Bonchev–Trinajstić information content (AvgIpc) is 3.21. The largest absolute Gasteiger partial charge is 0.507 e. The Kier molecular flexibility index (Phi) is 8.28. The first kappa shape index (κ1) is 28.4. The fourth-order valence-corrected chi connectivity index (χ4v) is 4.64. The van der Waals surface area contributed by atoms with Crippen LogP contribution in [0.25, 0.3) is 5.76 Å². The summed E-state index contributed by atoms with van der Waals surface area (Å²) in [5.74, 6) is -1.45. The van der Waals surface area contributed by atoms with Crippen LogP contribution in [-0.2, 0) is 14.3 Å². The minimum atomic E-state index is -0.929. The molecule has 40 heavy (non-hydrogen) atoms. The lowest BCUT2D eigenvalue weighted by Gasteiger charge is -2.26. The smallest absolute Gasteiger partial charge is 0.337 e. The quantitative estimate of drug-likeness (QED) is 0.174. The van der Waals surface area contributed by atoms with Crippen LogP contribution < -0.4 is 14.5 Å². The number of Topliss-reactive ketones (excluding diaryl/α,β-unsaturated/α-hetero) is 1. The number of aliphatic hydroxyl groups is 1. The summed E-state index contributed by atoms with van der Waals surface area (Å²) in [5.41, 5.74) is 3.27. The van der Waals surface area contributed by atoms with Gasteiger partial charge in [-0.25, -0.2) is 4.79 Å². The van der Waals surface area contributed by atoms with Gasteiger partial charge in [0, 0.05) is 31.0 Å². The molecule has 8 heteroatoms. The molecule has 1 amide bonds. The van der Waals surface area contributed by atoms with Crippen LogP contribution >= 0.6 is 0 Å². The van der Waals surface area contributed by atoms with Gasteiger partial charge in [0.05, 0.1) is 30.9 Å². The van der Waals surface area contributed by atoms with Gasteiger partial charge in [-0.1, -0.05) is 32.0 Å². The molecule has 1 saturated heterocycles. The Labute approximate surface area is 234 Å². The topological polar surface area (TPSA) is 96.4 Å². The molecule has 0 bridgehead atoms. The first-order chi connectivity index (χ1) is 19.0. The van der Waals surface area contributed by atoms with E-state index in [-0.39, 0.29) is 16.9 Å². The first-order valence-corrected chi connectivity index (χ1v) is 13.0.